The van der Waals surface area contributed by atoms with E-state index in [-0.39, 0.29) is 5.82 Å². The molecule has 0 saturated carbocycles. The number of rotatable bonds is 3. The number of fused-ring (bicyclic) bond motifs is 1. The lowest BCUT2D eigenvalue weighted by atomic mass is 10.2. The molecule has 2 aromatic rings. The highest BCUT2D eigenvalue weighted by atomic mass is 19.1. The van der Waals surface area contributed by atoms with Crippen LogP contribution in [0.1, 0.15) is 12.5 Å². The fraction of sp³-hybridized carbons (Fsp3) is 0.429. The third-order valence-electron chi connectivity index (χ3n) is 3.38. The highest BCUT2D eigenvalue weighted by Gasteiger charge is 2.10. The van der Waals surface area contributed by atoms with E-state index >= 15 is 0 Å². The standard InChI is InChI=1S/C14H19FN2/c1-10-8-17(9-11(2)16(3)4)14-6-5-12(15)7-13(10)14/h5-8,11H,9H2,1-4H3. The molecule has 0 saturated heterocycles. The Bertz CT molecular complexity index is 528. The zero-order valence-electron chi connectivity index (χ0n) is 10.9. The second-order valence-corrected chi connectivity index (χ2v) is 4.94. The van der Waals surface area contributed by atoms with E-state index in [9.17, 15) is 4.39 Å². The molecule has 0 fully saturated rings. The summed E-state index contributed by atoms with van der Waals surface area (Å²) in [6, 6.07) is 5.45. The minimum Gasteiger partial charge on any atom is -0.346 e. The van der Waals surface area contributed by atoms with Gasteiger partial charge in [-0.3, -0.25) is 0 Å². The summed E-state index contributed by atoms with van der Waals surface area (Å²) in [6.45, 7) is 5.13. The Morgan fingerprint density at radius 2 is 2.06 bits per heavy atom. The smallest absolute Gasteiger partial charge is 0.123 e. The summed E-state index contributed by atoms with van der Waals surface area (Å²) in [5.74, 6) is -0.168. The topological polar surface area (TPSA) is 8.17 Å². The van der Waals surface area contributed by atoms with Gasteiger partial charge in [0.2, 0.25) is 0 Å². The van der Waals surface area contributed by atoms with Crippen LogP contribution in [0.15, 0.2) is 24.4 Å². The summed E-state index contributed by atoms with van der Waals surface area (Å²) in [4.78, 5) is 2.19. The summed E-state index contributed by atoms with van der Waals surface area (Å²) in [7, 11) is 4.14. The van der Waals surface area contributed by atoms with E-state index in [0.717, 1.165) is 23.0 Å². The molecule has 1 atom stereocenters. The highest BCUT2D eigenvalue weighted by molar-refractivity contribution is 5.83. The number of aromatic nitrogens is 1. The van der Waals surface area contributed by atoms with Gasteiger partial charge in [-0.25, -0.2) is 4.39 Å². The summed E-state index contributed by atoms with van der Waals surface area (Å²) in [5.41, 5.74) is 2.24. The van der Waals surface area contributed by atoms with Gasteiger partial charge >= 0.3 is 0 Å². The van der Waals surface area contributed by atoms with Crippen molar-refractivity contribution in [2.24, 2.45) is 0 Å². The zero-order valence-corrected chi connectivity index (χ0v) is 10.9. The lowest BCUT2D eigenvalue weighted by Crippen LogP contribution is -2.28. The molecule has 0 aliphatic carbocycles. The first-order chi connectivity index (χ1) is 7.99. The summed E-state index contributed by atoms with van der Waals surface area (Å²) >= 11 is 0. The van der Waals surface area contributed by atoms with E-state index in [1.54, 1.807) is 6.07 Å². The monoisotopic (exact) mass is 234 g/mol. The predicted octanol–water partition coefficient (Wildman–Crippen LogP) is 3.04. The van der Waals surface area contributed by atoms with Crippen molar-refractivity contribution >= 4 is 10.9 Å². The van der Waals surface area contributed by atoms with Crippen LogP contribution in [-0.4, -0.2) is 29.6 Å². The summed E-state index contributed by atoms with van der Waals surface area (Å²) in [6.07, 6.45) is 2.10. The van der Waals surface area contributed by atoms with Crippen molar-refractivity contribution < 1.29 is 4.39 Å². The quantitative estimate of drug-likeness (QED) is 0.792. The van der Waals surface area contributed by atoms with Crippen molar-refractivity contribution in [2.45, 2.75) is 26.4 Å². The molecular formula is C14H19FN2. The van der Waals surface area contributed by atoms with Crippen LogP contribution in [0.3, 0.4) is 0 Å². The molecule has 3 heteroatoms. The third-order valence-corrected chi connectivity index (χ3v) is 3.38. The lowest BCUT2D eigenvalue weighted by molar-refractivity contribution is 0.286. The molecule has 1 aromatic carbocycles. The highest BCUT2D eigenvalue weighted by Crippen LogP contribution is 2.22. The van der Waals surface area contributed by atoms with E-state index in [1.807, 2.05) is 13.0 Å². The van der Waals surface area contributed by atoms with Gasteiger partial charge in [0.1, 0.15) is 5.82 Å². The Labute approximate surface area is 102 Å². The van der Waals surface area contributed by atoms with Crippen molar-refractivity contribution in [2.75, 3.05) is 14.1 Å². The van der Waals surface area contributed by atoms with Gasteiger partial charge in [0.05, 0.1) is 0 Å². The van der Waals surface area contributed by atoms with E-state index in [0.29, 0.717) is 6.04 Å². The van der Waals surface area contributed by atoms with Crippen molar-refractivity contribution in [3.05, 3.63) is 35.8 Å². The van der Waals surface area contributed by atoms with E-state index in [2.05, 4.69) is 36.7 Å². The molecular weight excluding hydrogens is 215 g/mol. The van der Waals surface area contributed by atoms with Crippen LogP contribution < -0.4 is 0 Å². The SMILES string of the molecule is Cc1cn(CC(C)N(C)C)c2ccc(F)cc12. The van der Waals surface area contributed by atoms with Crippen LogP contribution in [0.25, 0.3) is 10.9 Å². The molecule has 1 unspecified atom stereocenters. The van der Waals surface area contributed by atoms with Gasteiger partial charge in [-0.05, 0) is 51.7 Å². The number of hydrogen-bond donors (Lipinski definition) is 0. The fourth-order valence-electron chi connectivity index (χ4n) is 2.05. The number of aryl methyl sites for hydroxylation is 1. The molecule has 0 aliphatic rings. The number of likely N-dealkylation sites (N-methyl/N-ethyl adjacent to an activating group) is 1. The number of halogens is 1. The van der Waals surface area contributed by atoms with Gasteiger partial charge < -0.3 is 9.47 Å². The van der Waals surface area contributed by atoms with Crippen LogP contribution in [-0.2, 0) is 6.54 Å². The minimum atomic E-state index is -0.168. The van der Waals surface area contributed by atoms with Gasteiger partial charge in [-0.2, -0.15) is 0 Å². The van der Waals surface area contributed by atoms with Crippen LogP contribution in [0.5, 0.6) is 0 Å². The largest absolute Gasteiger partial charge is 0.346 e. The van der Waals surface area contributed by atoms with E-state index < -0.39 is 0 Å². The van der Waals surface area contributed by atoms with Crippen LogP contribution in [0.2, 0.25) is 0 Å². The summed E-state index contributed by atoms with van der Waals surface area (Å²) < 4.78 is 15.4. The van der Waals surface area contributed by atoms with Crippen LogP contribution >= 0.6 is 0 Å². The minimum absolute atomic E-state index is 0.168. The first-order valence-electron chi connectivity index (χ1n) is 5.90. The molecule has 0 amide bonds. The summed E-state index contributed by atoms with van der Waals surface area (Å²) in [5, 5.41) is 1.01. The van der Waals surface area contributed by atoms with Crippen molar-refractivity contribution in [3.8, 4) is 0 Å². The molecule has 17 heavy (non-hydrogen) atoms. The molecule has 92 valence electrons. The second-order valence-electron chi connectivity index (χ2n) is 4.94. The Morgan fingerprint density at radius 1 is 1.35 bits per heavy atom. The van der Waals surface area contributed by atoms with Gasteiger partial charge in [0, 0.05) is 29.7 Å². The van der Waals surface area contributed by atoms with E-state index in [4.69, 9.17) is 0 Å². The Kier molecular flexibility index (Phi) is 3.20. The van der Waals surface area contributed by atoms with Gasteiger partial charge in [0.25, 0.3) is 0 Å². The number of benzene rings is 1. The first-order valence-corrected chi connectivity index (χ1v) is 5.90. The molecule has 0 spiro atoms. The first kappa shape index (κ1) is 12.1. The zero-order chi connectivity index (χ0) is 12.6. The molecule has 0 radical (unpaired) electrons. The molecule has 0 aliphatic heterocycles. The van der Waals surface area contributed by atoms with Crippen molar-refractivity contribution in [1.29, 1.82) is 0 Å². The molecule has 1 heterocycles. The van der Waals surface area contributed by atoms with Crippen LogP contribution in [0.4, 0.5) is 4.39 Å². The van der Waals surface area contributed by atoms with Gasteiger partial charge in [-0.1, -0.05) is 0 Å². The van der Waals surface area contributed by atoms with Gasteiger partial charge in [0.15, 0.2) is 0 Å². The Balaban J connectivity index is 2.42. The predicted molar refractivity (Wildman–Crippen MR) is 69.8 cm³/mol. The molecule has 0 N–H and O–H groups in total. The lowest BCUT2D eigenvalue weighted by Gasteiger charge is -2.20. The molecule has 2 nitrogen and oxygen atoms in total. The van der Waals surface area contributed by atoms with Crippen LogP contribution in [0, 0.1) is 12.7 Å². The maximum atomic E-state index is 13.2. The Hall–Kier alpha value is -1.35. The Morgan fingerprint density at radius 3 is 2.71 bits per heavy atom. The molecule has 1 aromatic heterocycles. The average Bonchev–Trinajstić information content (AvgIpc) is 2.55. The second kappa shape index (κ2) is 4.49. The normalized spacial score (nSPS) is 13.5. The molecule has 0 bridgehead atoms. The number of hydrogen-bond acceptors (Lipinski definition) is 1. The molecule has 2 rings (SSSR count). The fourth-order valence-corrected chi connectivity index (χ4v) is 2.05. The maximum Gasteiger partial charge on any atom is 0.123 e. The van der Waals surface area contributed by atoms with Crippen molar-refractivity contribution in [3.63, 3.8) is 0 Å². The van der Waals surface area contributed by atoms with Crippen molar-refractivity contribution in [1.82, 2.24) is 9.47 Å². The van der Waals surface area contributed by atoms with E-state index in [1.165, 1.54) is 6.07 Å². The van der Waals surface area contributed by atoms with Gasteiger partial charge in [-0.15, -0.1) is 0 Å². The maximum absolute atomic E-state index is 13.2. The third kappa shape index (κ3) is 2.34. The average molecular weight is 234 g/mol. The number of nitrogens with zero attached hydrogens (tertiary/aromatic N) is 2.